The molecule has 2 aromatic rings. The Labute approximate surface area is 263 Å². The summed E-state index contributed by atoms with van der Waals surface area (Å²) >= 11 is 5.44. The molecule has 44 heavy (non-hydrogen) atoms. The molecule has 11 nitrogen and oxygen atoms in total. The predicted molar refractivity (Wildman–Crippen MR) is 170 cm³/mol. The number of nitrogens with two attached hydrogens (primary N) is 1. The Kier molecular flexibility index (Phi) is 16.1. The third-order valence-corrected chi connectivity index (χ3v) is 6.93. The van der Waals surface area contributed by atoms with Gasteiger partial charge < -0.3 is 25.8 Å². The third kappa shape index (κ3) is 13.3. The number of Topliss-reactive ketones (excluding diaryl/α,β-unsaturated/α-hetero) is 1. The highest BCUT2D eigenvalue weighted by atomic mass is 35.5. The van der Waals surface area contributed by atoms with Gasteiger partial charge in [0.25, 0.3) is 0 Å². The normalized spacial score (nSPS) is 13.1. The van der Waals surface area contributed by atoms with Gasteiger partial charge in [-0.15, -0.1) is 0 Å². The first kappa shape index (κ1) is 35.8. The van der Waals surface area contributed by atoms with E-state index in [9.17, 15) is 19.2 Å². The summed E-state index contributed by atoms with van der Waals surface area (Å²) in [6.07, 6.45) is 3.40. The first-order valence-corrected chi connectivity index (χ1v) is 14.8. The molecule has 0 radical (unpaired) electrons. The van der Waals surface area contributed by atoms with E-state index < -0.39 is 29.9 Å². The Morgan fingerprint density at radius 2 is 1.64 bits per heavy atom. The first-order valence-electron chi connectivity index (χ1n) is 14.4. The van der Waals surface area contributed by atoms with Crippen LogP contribution in [0.2, 0.25) is 0 Å². The SMILES string of the molecule is C=CCOc1ccc(C[C@H](NC(C)=O)C(=O)C[C@@H](CCCCN=C(N)NCl)C(=O)N[C@@H](Cc2ccccc2)C(=O)OC)cc1. The molecule has 2 rings (SSSR count). The van der Waals surface area contributed by atoms with Crippen molar-refractivity contribution in [2.45, 2.75) is 57.5 Å². The van der Waals surface area contributed by atoms with Crippen molar-refractivity contribution >= 4 is 41.3 Å². The van der Waals surface area contributed by atoms with Crippen molar-refractivity contribution in [3.05, 3.63) is 78.4 Å². The van der Waals surface area contributed by atoms with Gasteiger partial charge in [-0.05, 0) is 42.5 Å². The van der Waals surface area contributed by atoms with Crippen LogP contribution < -0.4 is 25.9 Å². The van der Waals surface area contributed by atoms with E-state index in [1.165, 1.54) is 14.0 Å². The highest BCUT2D eigenvalue weighted by Gasteiger charge is 2.30. The molecule has 0 bridgehead atoms. The fourth-order valence-electron chi connectivity index (χ4n) is 4.52. The number of hydrogen-bond acceptors (Lipinski definition) is 7. The Hall–Kier alpha value is -4.38. The van der Waals surface area contributed by atoms with Gasteiger partial charge in [0, 0.05) is 44.0 Å². The van der Waals surface area contributed by atoms with Crippen LogP contribution in [0.5, 0.6) is 5.75 Å². The number of nitrogens with zero attached hydrogens (tertiary/aromatic N) is 1. The Morgan fingerprint density at radius 3 is 2.25 bits per heavy atom. The van der Waals surface area contributed by atoms with E-state index in [2.05, 4.69) is 27.0 Å². The number of esters is 1. The molecule has 0 aromatic heterocycles. The molecule has 0 aliphatic rings. The number of carbonyl (C=O) groups is 4. The van der Waals surface area contributed by atoms with Crippen molar-refractivity contribution in [3.8, 4) is 5.75 Å². The minimum Gasteiger partial charge on any atom is -0.490 e. The van der Waals surface area contributed by atoms with Gasteiger partial charge in [-0.1, -0.05) is 61.5 Å². The van der Waals surface area contributed by atoms with Crippen LogP contribution in [0.1, 0.15) is 43.7 Å². The van der Waals surface area contributed by atoms with Crippen LogP contribution in [-0.4, -0.2) is 61.9 Å². The van der Waals surface area contributed by atoms with Crippen LogP contribution in [0, 0.1) is 5.92 Å². The zero-order valence-electron chi connectivity index (χ0n) is 25.2. The Bertz CT molecular complexity index is 1260. The molecule has 3 atom stereocenters. The number of amides is 2. The lowest BCUT2D eigenvalue weighted by atomic mass is 9.90. The van der Waals surface area contributed by atoms with Crippen LogP contribution in [0.15, 0.2) is 72.2 Å². The fraction of sp³-hybridized carbons (Fsp3) is 0.406. The van der Waals surface area contributed by atoms with Crippen molar-refractivity contribution in [2.24, 2.45) is 16.6 Å². The highest BCUT2D eigenvalue weighted by Crippen LogP contribution is 2.19. The largest absolute Gasteiger partial charge is 0.490 e. The van der Waals surface area contributed by atoms with Crippen LogP contribution >= 0.6 is 11.8 Å². The maximum Gasteiger partial charge on any atom is 0.328 e. The third-order valence-electron chi connectivity index (χ3n) is 6.74. The second-order valence-corrected chi connectivity index (χ2v) is 10.4. The molecular weight excluding hydrogens is 586 g/mol. The van der Waals surface area contributed by atoms with E-state index in [4.69, 9.17) is 27.0 Å². The Morgan fingerprint density at radius 1 is 0.977 bits per heavy atom. The molecule has 0 heterocycles. The summed E-state index contributed by atoms with van der Waals surface area (Å²) in [5.41, 5.74) is 7.21. The van der Waals surface area contributed by atoms with Crippen molar-refractivity contribution in [3.63, 3.8) is 0 Å². The smallest absolute Gasteiger partial charge is 0.328 e. The van der Waals surface area contributed by atoms with Crippen molar-refractivity contribution in [1.29, 1.82) is 0 Å². The highest BCUT2D eigenvalue weighted by molar-refractivity contribution is 6.21. The molecular formula is C32H42ClN5O6. The van der Waals surface area contributed by atoms with Gasteiger partial charge in [-0.3, -0.25) is 24.2 Å². The molecule has 0 unspecified atom stereocenters. The number of aliphatic imine (C=N–C) groups is 1. The van der Waals surface area contributed by atoms with E-state index in [-0.39, 0.29) is 36.9 Å². The average molecular weight is 628 g/mol. The van der Waals surface area contributed by atoms with E-state index in [1.807, 2.05) is 42.5 Å². The first-order chi connectivity index (χ1) is 21.2. The molecule has 0 aliphatic carbocycles. The van der Waals surface area contributed by atoms with Crippen LogP contribution in [0.25, 0.3) is 0 Å². The number of ketones is 1. The van der Waals surface area contributed by atoms with Crippen molar-refractivity contribution in [1.82, 2.24) is 15.5 Å². The molecule has 0 fully saturated rings. The molecule has 238 valence electrons. The van der Waals surface area contributed by atoms with Crippen molar-refractivity contribution in [2.75, 3.05) is 20.3 Å². The number of hydrogen-bond donors (Lipinski definition) is 4. The summed E-state index contributed by atoms with van der Waals surface area (Å²) in [5, 5.41) is 5.52. The number of unbranched alkanes of at least 4 members (excludes halogenated alkanes) is 1. The molecule has 0 aliphatic heterocycles. The minimum absolute atomic E-state index is 0.0800. The number of guanidine groups is 1. The van der Waals surface area contributed by atoms with Crippen LogP contribution in [-0.2, 0) is 36.8 Å². The molecule has 5 N–H and O–H groups in total. The van der Waals surface area contributed by atoms with Gasteiger partial charge in [0.2, 0.25) is 17.8 Å². The summed E-state index contributed by atoms with van der Waals surface area (Å²) < 4.78 is 10.5. The minimum atomic E-state index is -0.945. The van der Waals surface area contributed by atoms with E-state index in [0.29, 0.717) is 38.2 Å². The number of halogens is 1. The lowest BCUT2D eigenvalue weighted by Crippen LogP contribution is -2.47. The molecule has 0 spiro atoms. The molecule has 2 amide bonds. The quantitative estimate of drug-likeness (QED) is 0.0462. The van der Waals surface area contributed by atoms with Crippen LogP contribution in [0.3, 0.4) is 0 Å². The summed E-state index contributed by atoms with van der Waals surface area (Å²) in [4.78, 5) is 58.1. The summed E-state index contributed by atoms with van der Waals surface area (Å²) in [6.45, 7) is 5.70. The molecule has 12 heteroatoms. The number of carbonyl (C=O) groups excluding carboxylic acids is 4. The zero-order valence-corrected chi connectivity index (χ0v) is 26.0. The van der Waals surface area contributed by atoms with E-state index in [1.54, 1.807) is 18.2 Å². The summed E-state index contributed by atoms with van der Waals surface area (Å²) in [6, 6.07) is 14.6. The average Bonchev–Trinajstić information content (AvgIpc) is 3.02. The number of methoxy groups -OCH3 is 1. The molecule has 0 saturated carbocycles. The number of ether oxygens (including phenoxy) is 2. The van der Waals surface area contributed by atoms with Gasteiger partial charge in [0.15, 0.2) is 5.78 Å². The van der Waals surface area contributed by atoms with E-state index >= 15 is 0 Å². The number of rotatable bonds is 19. The zero-order chi connectivity index (χ0) is 32.3. The standard InChI is InChI=1S/C32H42ClN5O6/c1-4-18-44-26-15-13-24(14-16-26)19-27(36-22(2)39)29(40)21-25(12-8-9-17-35-32(34)38-33)30(41)37-28(31(42)43-3)20-23-10-6-5-7-11-23/h4-7,10-11,13-16,25,27-28H,1,8-9,12,17-21H2,2-3H3,(H,36,39)(H,37,41)(H3,34,35,38)/t25-,27+,28+/m1/s1. The maximum absolute atomic E-state index is 13.6. The Balaban J connectivity index is 2.21. The van der Waals surface area contributed by atoms with Crippen molar-refractivity contribution < 1.29 is 28.7 Å². The van der Waals surface area contributed by atoms with Gasteiger partial charge in [-0.2, -0.15) is 0 Å². The monoisotopic (exact) mass is 627 g/mol. The van der Waals surface area contributed by atoms with Gasteiger partial charge >= 0.3 is 5.97 Å². The lowest BCUT2D eigenvalue weighted by molar-refractivity contribution is -0.145. The van der Waals surface area contributed by atoms with Crippen LogP contribution in [0.4, 0.5) is 0 Å². The van der Waals surface area contributed by atoms with Gasteiger partial charge in [0.05, 0.1) is 13.2 Å². The molecule has 0 saturated heterocycles. The van der Waals surface area contributed by atoms with Gasteiger partial charge in [0.1, 0.15) is 18.4 Å². The predicted octanol–water partition coefficient (Wildman–Crippen LogP) is 3.00. The second-order valence-electron chi connectivity index (χ2n) is 10.2. The van der Waals surface area contributed by atoms with Gasteiger partial charge in [-0.25, -0.2) is 4.79 Å². The number of benzene rings is 2. The maximum atomic E-state index is 13.6. The summed E-state index contributed by atoms with van der Waals surface area (Å²) in [7, 11) is 1.26. The number of nitrogens with one attached hydrogen (secondary N) is 3. The molecule has 2 aromatic carbocycles. The summed E-state index contributed by atoms with van der Waals surface area (Å²) in [5.74, 6) is -1.77. The fourth-order valence-corrected chi connectivity index (χ4v) is 4.58. The van der Waals surface area contributed by atoms with E-state index in [0.717, 1.165) is 11.1 Å². The second kappa shape index (κ2) is 19.7. The topological polar surface area (TPSA) is 161 Å². The lowest BCUT2D eigenvalue weighted by Gasteiger charge is -2.23.